The number of carbonyl (C=O) groups is 1. The van der Waals surface area contributed by atoms with Gasteiger partial charge in [0.2, 0.25) is 5.91 Å². The first-order valence-corrected chi connectivity index (χ1v) is 7.20. The van der Waals surface area contributed by atoms with Crippen molar-refractivity contribution >= 4 is 18.3 Å². The number of carbonyl (C=O) groups excluding carboxylic acids is 1. The summed E-state index contributed by atoms with van der Waals surface area (Å²) in [6.07, 6.45) is 5.00. The molecule has 3 N–H and O–H groups in total. The summed E-state index contributed by atoms with van der Waals surface area (Å²) in [4.78, 5) is 12.2. The van der Waals surface area contributed by atoms with Crippen molar-refractivity contribution in [2.45, 2.75) is 44.6 Å². The molecule has 1 aliphatic rings. The molecule has 1 fully saturated rings. The maximum absolute atomic E-state index is 12.2. The van der Waals surface area contributed by atoms with Crippen LogP contribution in [0.3, 0.4) is 0 Å². The zero-order valence-electron chi connectivity index (χ0n) is 12.1. The maximum Gasteiger partial charge on any atom is 0.224 e. The van der Waals surface area contributed by atoms with E-state index >= 15 is 0 Å². The van der Waals surface area contributed by atoms with Crippen LogP contribution in [0.2, 0.25) is 0 Å². The largest absolute Gasteiger partial charge is 0.355 e. The van der Waals surface area contributed by atoms with Crippen molar-refractivity contribution in [3.05, 3.63) is 35.9 Å². The molecule has 2 rings (SSSR count). The van der Waals surface area contributed by atoms with Crippen molar-refractivity contribution in [2.24, 2.45) is 11.7 Å². The highest BCUT2D eigenvalue weighted by atomic mass is 35.5. The Morgan fingerprint density at radius 1 is 1.35 bits per heavy atom. The molecule has 0 radical (unpaired) electrons. The first-order chi connectivity index (χ1) is 9.09. The summed E-state index contributed by atoms with van der Waals surface area (Å²) in [6, 6.07) is 10.2. The molecule has 0 bridgehead atoms. The van der Waals surface area contributed by atoms with Crippen molar-refractivity contribution in [3.8, 4) is 0 Å². The van der Waals surface area contributed by atoms with E-state index in [1.165, 1.54) is 5.56 Å². The Morgan fingerprint density at radius 2 is 2.05 bits per heavy atom. The van der Waals surface area contributed by atoms with Gasteiger partial charge in [-0.25, -0.2) is 0 Å². The van der Waals surface area contributed by atoms with E-state index in [9.17, 15) is 4.79 Å². The van der Waals surface area contributed by atoms with Crippen LogP contribution in [-0.4, -0.2) is 18.0 Å². The van der Waals surface area contributed by atoms with Crippen molar-refractivity contribution in [1.29, 1.82) is 0 Å². The number of hydrogen-bond donors (Lipinski definition) is 2. The van der Waals surface area contributed by atoms with Gasteiger partial charge in [-0.15, -0.1) is 12.4 Å². The van der Waals surface area contributed by atoms with Gasteiger partial charge in [0.25, 0.3) is 0 Å². The van der Waals surface area contributed by atoms with Gasteiger partial charge >= 0.3 is 0 Å². The summed E-state index contributed by atoms with van der Waals surface area (Å²) in [7, 11) is 0. The Bertz CT molecular complexity index is 420. The first-order valence-electron chi connectivity index (χ1n) is 7.20. The molecule has 20 heavy (non-hydrogen) atoms. The van der Waals surface area contributed by atoms with Gasteiger partial charge in [-0.3, -0.25) is 4.79 Å². The molecule has 0 aliphatic heterocycles. The van der Waals surface area contributed by atoms with E-state index in [1.807, 2.05) is 25.1 Å². The van der Waals surface area contributed by atoms with E-state index in [0.717, 1.165) is 32.1 Å². The zero-order valence-corrected chi connectivity index (χ0v) is 12.9. The molecule has 4 heteroatoms. The second-order valence-electron chi connectivity index (χ2n) is 5.83. The topological polar surface area (TPSA) is 55.1 Å². The molecular weight excluding hydrogens is 272 g/mol. The predicted octanol–water partition coefficient (Wildman–Crippen LogP) is 2.67. The standard InChI is InChI=1S/C16H24N2O.ClH/c1-16(17)11-6-5-9-14(16)15(19)18-12-10-13-7-3-2-4-8-13;/h2-4,7-8,14H,5-6,9-12,17H2,1H3,(H,18,19);1H. The number of nitrogens with two attached hydrogens (primary N) is 1. The molecule has 0 spiro atoms. The van der Waals surface area contributed by atoms with Crippen LogP contribution in [0.1, 0.15) is 38.2 Å². The van der Waals surface area contributed by atoms with Crippen LogP contribution in [0, 0.1) is 5.92 Å². The molecule has 1 saturated carbocycles. The highest BCUT2D eigenvalue weighted by Crippen LogP contribution is 2.31. The number of nitrogens with one attached hydrogen (secondary N) is 1. The van der Waals surface area contributed by atoms with Gasteiger partial charge in [-0.1, -0.05) is 43.2 Å². The fourth-order valence-corrected chi connectivity index (χ4v) is 2.89. The van der Waals surface area contributed by atoms with Gasteiger partial charge in [-0.2, -0.15) is 0 Å². The lowest BCUT2D eigenvalue weighted by Gasteiger charge is -2.37. The molecule has 2 atom stereocenters. The molecule has 1 aromatic rings. The Labute approximate surface area is 127 Å². The van der Waals surface area contributed by atoms with E-state index in [0.29, 0.717) is 6.54 Å². The average molecular weight is 297 g/mol. The molecule has 1 aliphatic carbocycles. The Hall–Kier alpha value is -1.06. The third-order valence-electron chi connectivity index (χ3n) is 4.13. The molecular formula is C16H25ClN2O. The third kappa shape index (κ3) is 4.50. The van der Waals surface area contributed by atoms with Crippen molar-refractivity contribution in [3.63, 3.8) is 0 Å². The predicted molar refractivity (Wildman–Crippen MR) is 85.0 cm³/mol. The number of amides is 1. The molecule has 0 heterocycles. The van der Waals surface area contributed by atoms with Crippen LogP contribution < -0.4 is 11.1 Å². The van der Waals surface area contributed by atoms with Crippen LogP contribution in [0.5, 0.6) is 0 Å². The molecule has 3 nitrogen and oxygen atoms in total. The SMILES string of the molecule is CC1(N)CCCCC1C(=O)NCCc1ccccc1.Cl. The zero-order chi connectivity index (χ0) is 13.7. The minimum absolute atomic E-state index is 0. The minimum atomic E-state index is -0.338. The second kappa shape index (κ2) is 7.65. The van der Waals surface area contributed by atoms with E-state index in [4.69, 9.17) is 5.73 Å². The summed E-state index contributed by atoms with van der Waals surface area (Å²) >= 11 is 0. The summed E-state index contributed by atoms with van der Waals surface area (Å²) in [5.74, 6) is 0.0951. The van der Waals surface area contributed by atoms with Crippen molar-refractivity contribution in [1.82, 2.24) is 5.32 Å². The van der Waals surface area contributed by atoms with Gasteiger partial charge in [0, 0.05) is 12.1 Å². The van der Waals surface area contributed by atoms with Crippen LogP contribution in [-0.2, 0) is 11.2 Å². The lowest BCUT2D eigenvalue weighted by atomic mass is 9.74. The van der Waals surface area contributed by atoms with Gasteiger partial charge in [0.15, 0.2) is 0 Å². The van der Waals surface area contributed by atoms with Gasteiger partial charge in [-0.05, 0) is 31.7 Å². The number of halogens is 1. The van der Waals surface area contributed by atoms with Crippen molar-refractivity contribution in [2.75, 3.05) is 6.54 Å². The Kier molecular flexibility index (Phi) is 6.50. The van der Waals surface area contributed by atoms with E-state index in [-0.39, 0.29) is 29.8 Å². The Morgan fingerprint density at radius 3 is 2.70 bits per heavy atom. The lowest BCUT2D eigenvalue weighted by molar-refractivity contribution is -0.128. The van der Waals surface area contributed by atoms with Crippen molar-refractivity contribution < 1.29 is 4.79 Å². The first kappa shape index (κ1) is 17.0. The summed E-state index contributed by atoms with van der Waals surface area (Å²) < 4.78 is 0. The van der Waals surface area contributed by atoms with Gasteiger partial charge in [0.05, 0.1) is 5.92 Å². The van der Waals surface area contributed by atoms with E-state index in [1.54, 1.807) is 0 Å². The molecule has 0 aromatic heterocycles. The average Bonchev–Trinajstić information content (AvgIpc) is 2.39. The van der Waals surface area contributed by atoms with Crippen LogP contribution >= 0.6 is 12.4 Å². The van der Waals surface area contributed by atoms with Gasteiger partial charge < -0.3 is 11.1 Å². The Balaban J connectivity index is 0.00000200. The van der Waals surface area contributed by atoms with E-state index < -0.39 is 0 Å². The molecule has 112 valence electrons. The number of benzene rings is 1. The molecule has 1 aromatic carbocycles. The van der Waals surface area contributed by atoms with Crippen LogP contribution in [0.4, 0.5) is 0 Å². The highest BCUT2D eigenvalue weighted by molar-refractivity contribution is 5.85. The minimum Gasteiger partial charge on any atom is -0.355 e. The fourth-order valence-electron chi connectivity index (χ4n) is 2.89. The molecule has 2 unspecified atom stereocenters. The normalized spacial score (nSPS) is 25.6. The fraction of sp³-hybridized carbons (Fsp3) is 0.562. The van der Waals surface area contributed by atoms with E-state index in [2.05, 4.69) is 17.4 Å². The van der Waals surface area contributed by atoms with Crippen LogP contribution in [0.25, 0.3) is 0 Å². The van der Waals surface area contributed by atoms with Crippen LogP contribution in [0.15, 0.2) is 30.3 Å². The summed E-state index contributed by atoms with van der Waals surface area (Å²) in [5.41, 5.74) is 7.16. The number of rotatable bonds is 4. The second-order valence-corrected chi connectivity index (χ2v) is 5.83. The summed E-state index contributed by atoms with van der Waals surface area (Å²) in [5, 5.41) is 3.04. The molecule has 1 amide bonds. The monoisotopic (exact) mass is 296 g/mol. The maximum atomic E-state index is 12.2. The third-order valence-corrected chi connectivity index (χ3v) is 4.13. The molecule has 0 saturated heterocycles. The smallest absolute Gasteiger partial charge is 0.224 e. The lowest BCUT2D eigenvalue weighted by Crippen LogP contribution is -2.53. The quantitative estimate of drug-likeness (QED) is 0.897. The highest BCUT2D eigenvalue weighted by Gasteiger charge is 2.37. The number of hydrogen-bond acceptors (Lipinski definition) is 2. The van der Waals surface area contributed by atoms with Gasteiger partial charge in [0.1, 0.15) is 0 Å². The summed E-state index contributed by atoms with van der Waals surface area (Å²) in [6.45, 7) is 2.70.